The van der Waals surface area contributed by atoms with Crippen LogP contribution >= 0.6 is 11.8 Å². The minimum atomic E-state index is -4.41. The number of nitrogens with zero attached hydrogens (tertiary/aromatic N) is 2. The van der Waals surface area contributed by atoms with E-state index in [1.54, 1.807) is 0 Å². The molecule has 0 aliphatic rings. The van der Waals surface area contributed by atoms with Crippen molar-refractivity contribution in [2.45, 2.75) is 16.6 Å². The van der Waals surface area contributed by atoms with Gasteiger partial charge in [-0.2, -0.15) is 13.2 Å². The van der Waals surface area contributed by atoms with E-state index >= 15 is 0 Å². The van der Waals surface area contributed by atoms with E-state index < -0.39 is 18.0 Å². The Bertz CT molecular complexity index is 349. The molecule has 0 saturated heterocycles. The number of anilines is 2. The molecule has 0 spiro atoms. The highest BCUT2D eigenvalue weighted by atomic mass is 32.2. The molecule has 1 aromatic heterocycles. The Morgan fingerprint density at radius 2 is 1.75 bits per heavy atom. The summed E-state index contributed by atoms with van der Waals surface area (Å²) >= 11 is 0.392. The third-order valence-electron chi connectivity index (χ3n) is 1.57. The van der Waals surface area contributed by atoms with Crippen LogP contribution in [0.2, 0.25) is 0 Å². The van der Waals surface area contributed by atoms with Crippen LogP contribution in [0.5, 0.6) is 0 Å². The summed E-state index contributed by atoms with van der Waals surface area (Å²) in [6.07, 6.45) is -4.41. The summed E-state index contributed by atoms with van der Waals surface area (Å²) in [5.74, 6) is 0.0425. The van der Waals surface area contributed by atoms with E-state index in [0.29, 0.717) is 11.8 Å². The molecule has 0 amide bonds. The van der Waals surface area contributed by atoms with Gasteiger partial charge < -0.3 is 17.2 Å². The topological polar surface area (TPSA) is 104 Å². The number of hydrogen-bond acceptors (Lipinski definition) is 6. The molecule has 1 unspecified atom stereocenters. The third kappa shape index (κ3) is 3.42. The summed E-state index contributed by atoms with van der Waals surface area (Å²) in [7, 11) is 0. The minimum Gasteiger partial charge on any atom is -0.383 e. The monoisotopic (exact) mass is 253 g/mol. The van der Waals surface area contributed by atoms with Crippen molar-refractivity contribution in [2.75, 3.05) is 18.0 Å². The summed E-state index contributed by atoms with van der Waals surface area (Å²) in [6.45, 7) is -0.563. The highest BCUT2D eigenvalue weighted by Crippen LogP contribution is 2.33. The van der Waals surface area contributed by atoms with Crippen LogP contribution in [-0.4, -0.2) is 27.9 Å². The number of halogens is 3. The number of rotatable bonds is 3. The van der Waals surface area contributed by atoms with E-state index in [4.69, 9.17) is 17.2 Å². The molecule has 0 aromatic carbocycles. The molecule has 1 aromatic rings. The fourth-order valence-corrected chi connectivity index (χ4v) is 1.69. The average Bonchev–Trinajstić information content (AvgIpc) is 2.10. The Morgan fingerprint density at radius 3 is 2.12 bits per heavy atom. The van der Waals surface area contributed by atoms with E-state index in [0.717, 1.165) is 0 Å². The van der Waals surface area contributed by atoms with Crippen molar-refractivity contribution < 1.29 is 13.2 Å². The second-order valence-electron chi connectivity index (χ2n) is 2.88. The maximum atomic E-state index is 12.4. The molecule has 0 fully saturated rings. The molecule has 1 rings (SSSR count). The van der Waals surface area contributed by atoms with Crippen LogP contribution in [0.3, 0.4) is 0 Å². The predicted octanol–water partition coefficient (Wildman–Crippen LogP) is 0.623. The van der Waals surface area contributed by atoms with E-state index in [1.807, 2.05) is 0 Å². The Morgan fingerprint density at radius 1 is 1.25 bits per heavy atom. The zero-order valence-electron chi connectivity index (χ0n) is 8.03. The highest BCUT2D eigenvalue weighted by Gasteiger charge is 2.40. The van der Waals surface area contributed by atoms with Gasteiger partial charge in [0.15, 0.2) is 5.16 Å². The number of hydrogen-bond donors (Lipinski definition) is 3. The van der Waals surface area contributed by atoms with Crippen LogP contribution < -0.4 is 17.2 Å². The molecule has 16 heavy (non-hydrogen) atoms. The predicted molar refractivity (Wildman–Crippen MR) is 55.6 cm³/mol. The van der Waals surface area contributed by atoms with Crippen molar-refractivity contribution in [3.8, 4) is 0 Å². The van der Waals surface area contributed by atoms with Crippen molar-refractivity contribution in [3.63, 3.8) is 0 Å². The lowest BCUT2D eigenvalue weighted by atomic mass is 10.4. The van der Waals surface area contributed by atoms with Crippen molar-refractivity contribution in [1.29, 1.82) is 0 Å². The number of aromatic nitrogens is 2. The quantitative estimate of drug-likeness (QED) is 0.539. The molecular weight excluding hydrogens is 243 g/mol. The third-order valence-corrected chi connectivity index (χ3v) is 2.71. The molecule has 1 heterocycles. The van der Waals surface area contributed by atoms with Gasteiger partial charge in [-0.05, 0) is 0 Å². The van der Waals surface area contributed by atoms with Gasteiger partial charge in [-0.15, -0.1) is 0 Å². The van der Waals surface area contributed by atoms with Crippen LogP contribution in [0, 0.1) is 0 Å². The van der Waals surface area contributed by atoms with Gasteiger partial charge in [0, 0.05) is 12.6 Å². The van der Waals surface area contributed by atoms with Gasteiger partial charge in [-0.25, -0.2) is 9.97 Å². The number of alkyl halides is 3. The molecule has 0 aliphatic heterocycles. The summed E-state index contributed by atoms with van der Waals surface area (Å²) in [5.41, 5.74) is 15.7. The number of nitrogens with two attached hydrogens (primary N) is 3. The van der Waals surface area contributed by atoms with Crippen LogP contribution in [0.25, 0.3) is 0 Å². The summed E-state index contributed by atoms with van der Waals surface area (Å²) in [6, 6.07) is 1.26. The Balaban J connectivity index is 2.86. The standard InChI is InChI=1S/C7H10F3N5S/c8-7(9,10)3(2-11)16-6-14-4(12)1-5(13)15-6/h1,3H,2,11H2,(H4,12,13,14,15). The normalized spacial score (nSPS) is 13.8. The lowest BCUT2D eigenvalue weighted by Gasteiger charge is -2.16. The summed E-state index contributed by atoms with van der Waals surface area (Å²) in [4.78, 5) is 7.26. The molecule has 0 aliphatic carbocycles. The molecule has 90 valence electrons. The summed E-state index contributed by atoms with van der Waals surface area (Å²) < 4.78 is 37.2. The maximum absolute atomic E-state index is 12.4. The second-order valence-corrected chi connectivity index (χ2v) is 4.05. The van der Waals surface area contributed by atoms with Crippen LogP contribution in [-0.2, 0) is 0 Å². The van der Waals surface area contributed by atoms with Crippen LogP contribution in [0.15, 0.2) is 11.2 Å². The first-order valence-corrected chi connectivity index (χ1v) is 5.04. The van der Waals surface area contributed by atoms with E-state index in [-0.39, 0.29) is 16.8 Å². The van der Waals surface area contributed by atoms with E-state index in [1.165, 1.54) is 6.07 Å². The van der Waals surface area contributed by atoms with Gasteiger partial charge in [0.25, 0.3) is 0 Å². The zero-order chi connectivity index (χ0) is 12.3. The molecule has 0 bridgehead atoms. The molecule has 1 atom stereocenters. The molecular formula is C7H10F3N5S. The smallest absolute Gasteiger partial charge is 0.383 e. The van der Waals surface area contributed by atoms with Gasteiger partial charge in [-0.3, -0.25) is 0 Å². The Hall–Kier alpha value is -1.22. The van der Waals surface area contributed by atoms with Crippen molar-refractivity contribution in [3.05, 3.63) is 6.07 Å². The first-order chi connectivity index (χ1) is 7.32. The second kappa shape index (κ2) is 4.74. The van der Waals surface area contributed by atoms with Crippen LogP contribution in [0.1, 0.15) is 0 Å². The first kappa shape index (κ1) is 12.8. The average molecular weight is 253 g/mol. The lowest BCUT2D eigenvalue weighted by molar-refractivity contribution is -0.126. The van der Waals surface area contributed by atoms with Crippen molar-refractivity contribution >= 4 is 23.4 Å². The fourth-order valence-electron chi connectivity index (χ4n) is 0.890. The maximum Gasteiger partial charge on any atom is 0.402 e. The van der Waals surface area contributed by atoms with Crippen LogP contribution in [0.4, 0.5) is 24.8 Å². The summed E-state index contributed by atoms with van der Waals surface area (Å²) in [5, 5.41) is -1.90. The van der Waals surface area contributed by atoms with E-state index in [2.05, 4.69) is 9.97 Å². The van der Waals surface area contributed by atoms with Crippen molar-refractivity contribution in [1.82, 2.24) is 9.97 Å². The van der Waals surface area contributed by atoms with E-state index in [9.17, 15) is 13.2 Å². The van der Waals surface area contributed by atoms with Gasteiger partial charge in [-0.1, -0.05) is 11.8 Å². The van der Waals surface area contributed by atoms with Gasteiger partial charge in [0.2, 0.25) is 0 Å². The minimum absolute atomic E-state index is 0.0212. The molecule has 5 nitrogen and oxygen atoms in total. The molecule has 0 radical (unpaired) electrons. The first-order valence-electron chi connectivity index (χ1n) is 4.16. The molecule has 0 saturated carbocycles. The number of nitrogen functional groups attached to an aromatic ring is 2. The van der Waals surface area contributed by atoms with Gasteiger partial charge >= 0.3 is 6.18 Å². The fraction of sp³-hybridized carbons (Fsp3) is 0.429. The highest BCUT2D eigenvalue weighted by molar-refractivity contribution is 7.99. The van der Waals surface area contributed by atoms with Gasteiger partial charge in [0.05, 0.1) is 0 Å². The Labute approximate surface area is 93.6 Å². The molecule has 9 heteroatoms. The van der Waals surface area contributed by atoms with Crippen molar-refractivity contribution in [2.24, 2.45) is 5.73 Å². The number of thioether (sulfide) groups is 1. The largest absolute Gasteiger partial charge is 0.402 e. The SMILES string of the molecule is NCC(Sc1nc(N)cc(N)n1)C(F)(F)F. The Kier molecular flexibility index (Phi) is 3.81. The zero-order valence-corrected chi connectivity index (χ0v) is 8.85. The van der Waals surface area contributed by atoms with Gasteiger partial charge in [0.1, 0.15) is 16.9 Å². The lowest BCUT2D eigenvalue weighted by Crippen LogP contribution is -2.33. The molecule has 6 N–H and O–H groups in total.